The van der Waals surface area contributed by atoms with Crippen LogP contribution in [-0.2, 0) is 14.3 Å². The summed E-state index contributed by atoms with van der Waals surface area (Å²) < 4.78 is 35.5. The first-order chi connectivity index (χ1) is 17.4. The van der Waals surface area contributed by atoms with Gasteiger partial charge in [0.05, 0.1) is 30.4 Å². The first kappa shape index (κ1) is 26.1. The van der Waals surface area contributed by atoms with E-state index >= 15 is 0 Å². The molecule has 0 aliphatic rings. The molecule has 0 saturated carbocycles. The van der Waals surface area contributed by atoms with Crippen LogP contribution in [0.5, 0.6) is 11.5 Å². The standard InChI is InChI=1S/C28H24FNO6/c1-19(2)27(31)35-16-14-33-13-15-34-24-10-7-22(8-11-24)28(32)36-26-12-9-23(17-25(26)29)21-5-3-20(18-30)4-6-21/h3-12,17H,1,13-16H2,2H3. The second kappa shape index (κ2) is 12.8. The van der Waals surface area contributed by atoms with Crippen molar-refractivity contribution in [3.05, 3.63) is 95.8 Å². The topological polar surface area (TPSA) is 94.8 Å². The molecule has 0 saturated heterocycles. The van der Waals surface area contributed by atoms with Gasteiger partial charge in [0.1, 0.15) is 19.0 Å². The summed E-state index contributed by atoms with van der Waals surface area (Å²) in [6.07, 6.45) is 0. The van der Waals surface area contributed by atoms with E-state index in [0.29, 0.717) is 22.4 Å². The molecule has 0 aliphatic heterocycles. The largest absolute Gasteiger partial charge is 0.491 e. The van der Waals surface area contributed by atoms with Crippen molar-refractivity contribution in [2.75, 3.05) is 26.4 Å². The molecule has 0 radical (unpaired) electrons. The number of rotatable bonds is 11. The molecular weight excluding hydrogens is 465 g/mol. The Morgan fingerprint density at radius 3 is 2.22 bits per heavy atom. The zero-order valence-corrected chi connectivity index (χ0v) is 19.7. The highest BCUT2D eigenvalue weighted by atomic mass is 19.1. The Hall–Kier alpha value is -4.48. The van der Waals surface area contributed by atoms with Crippen LogP contribution in [0.1, 0.15) is 22.8 Å². The molecule has 0 spiro atoms. The van der Waals surface area contributed by atoms with Crippen molar-refractivity contribution in [2.24, 2.45) is 0 Å². The molecule has 0 aliphatic carbocycles. The van der Waals surface area contributed by atoms with Gasteiger partial charge in [0.15, 0.2) is 11.6 Å². The summed E-state index contributed by atoms with van der Waals surface area (Å²) in [6.45, 7) is 5.96. The molecule has 0 atom stereocenters. The maximum atomic E-state index is 14.6. The monoisotopic (exact) mass is 489 g/mol. The van der Waals surface area contributed by atoms with Crippen LogP contribution >= 0.6 is 0 Å². The molecule has 36 heavy (non-hydrogen) atoms. The summed E-state index contributed by atoms with van der Waals surface area (Å²) in [5, 5.41) is 8.89. The summed E-state index contributed by atoms with van der Waals surface area (Å²) in [4.78, 5) is 23.7. The van der Waals surface area contributed by atoms with E-state index in [2.05, 4.69) is 6.58 Å². The molecule has 0 N–H and O–H groups in total. The van der Waals surface area contributed by atoms with Gasteiger partial charge < -0.3 is 18.9 Å². The predicted octanol–water partition coefficient (Wildman–Crippen LogP) is 5.10. The zero-order valence-electron chi connectivity index (χ0n) is 19.7. The highest BCUT2D eigenvalue weighted by Gasteiger charge is 2.13. The van der Waals surface area contributed by atoms with Crippen LogP contribution in [0.2, 0.25) is 0 Å². The number of nitriles is 1. The molecule has 0 unspecified atom stereocenters. The first-order valence-electron chi connectivity index (χ1n) is 11.0. The van der Waals surface area contributed by atoms with Crippen LogP contribution in [0.4, 0.5) is 4.39 Å². The average molecular weight is 489 g/mol. The van der Waals surface area contributed by atoms with Crippen LogP contribution in [-0.4, -0.2) is 38.4 Å². The SMILES string of the molecule is C=C(C)C(=O)OCCOCCOc1ccc(C(=O)Oc2ccc(-c3ccc(C#N)cc3)cc2F)cc1. The normalized spacial score (nSPS) is 10.2. The number of carbonyl (C=O) groups excluding carboxylic acids is 2. The smallest absolute Gasteiger partial charge is 0.343 e. The van der Waals surface area contributed by atoms with Crippen molar-refractivity contribution in [3.63, 3.8) is 0 Å². The van der Waals surface area contributed by atoms with E-state index in [-0.39, 0.29) is 37.7 Å². The van der Waals surface area contributed by atoms with Gasteiger partial charge in [-0.2, -0.15) is 5.26 Å². The van der Waals surface area contributed by atoms with Crippen LogP contribution in [0, 0.1) is 17.1 Å². The quantitative estimate of drug-likeness (QED) is 0.160. The van der Waals surface area contributed by atoms with Crippen LogP contribution < -0.4 is 9.47 Å². The molecule has 184 valence electrons. The minimum atomic E-state index is -0.709. The molecule has 0 amide bonds. The van der Waals surface area contributed by atoms with Gasteiger partial charge in [-0.25, -0.2) is 14.0 Å². The average Bonchev–Trinajstić information content (AvgIpc) is 2.89. The Kier molecular flexibility index (Phi) is 9.32. The molecule has 0 heterocycles. The van der Waals surface area contributed by atoms with Crippen molar-refractivity contribution < 1.29 is 32.9 Å². The molecule has 8 heteroatoms. The predicted molar refractivity (Wildman–Crippen MR) is 130 cm³/mol. The fraction of sp³-hybridized carbons (Fsp3) is 0.179. The maximum Gasteiger partial charge on any atom is 0.343 e. The van der Waals surface area contributed by atoms with E-state index in [1.807, 2.05) is 6.07 Å². The van der Waals surface area contributed by atoms with Gasteiger partial charge in [-0.05, 0) is 66.6 Å². The van der Waals surface area contributed by atoms with Gasteiger partial charge in [-0.15, -0.1) is 0 Å². The third kappa shape index (κ3) is 7.52. The van der Waals surface area contributed by atoms with Crippen molar-refractivity contribution in [1.29, 1.82) is 5.26 Å². The lowest BCUT2D eigenvalue weighted by molar-refractivity contribution is -0.140. The minimum Gasteiger partial charge on any atom is -0.491 e. The number of nitrogens with zero attached hydrogens (tertiary/aromatic N) is 1. The lowest BCUT2D eigenvalue weighted by Gasteiger charge is -2.09. The molecule has 3 aromatic rings. The van der Waals surface area contributed by atoms with Crippen molar-refractivity contribution in [2.45, 2.75) is 6.92 Å². The molecular formula is C28H24FNO6. The van der Waals surface area contributed by atoms with Crippen molar-refractivity contribution in [3.8, 4) is 28.7 Å². The first-order valence-corrected chi connectivity index (χ1v) is 11.0. The van der Waals surface area contributed by atoms with E-state index < -0.39 is 17.8 Å². The second-order valence-electron chi connectivity index (χ2n) is 7.63. The van der Waals surface area contributed by atoms with Crippen LogP contribution in [0.3, 0.4) is 0 Å². The Balaban J connectivity index is 1.46. The highest BCUT2D eigenvalue weighted by molar-refractivity contribution is 5.91. The van der Waals surface area contributed by atoms with Gasteiger partial charge >= 0.3 is 11.9 Å². The fourth-order valence-corrected chi connectivity index (χ4v) is 2.98. The van der Waals surface area contributed by atoms with Gasteiger partial charge in [-0.3, -0.25) is 0 Å². The van der Waals surface area contributed by atoms with Crippen molar-refractivity contribution in [1.82, 2.24) is 0 Å². The lowest BCUT2D eigenvalue weighted by atomic mass is 10.0. The summed E-state index contributed by atoms with van der Waals surface area (Å²) in [5.74, 6) is -1.53. The van der Waals surface area contributed by atoms with Gasteiger partial charge in [0, 0.05) is 5.57 Å². The Morgan fingerprint density at radius 2 is 1.58 bits per heavy atom. The summed E-state index contributed by atoms with van der Waals surface area (Å²) >= 11 is 0. The molecule has 0 fully saturated rings. The van der Waals surface area contributed by atoms with E-state index in [4.69, 9.17) is 24.2 Å². The number of carbonyl (C=O) groups is 2. The highest BCUT2D eigenvalue weighted by Crippen LogP contribution is 2.26. The Bertz CT molecular complexity index is 1260. The molecule has 3 rings (SSSR count). The van der Waals surface area contributed by atoms with E-state index in [1.165, 1.54) is 24.3 Å². The van der Waals surface area contributed by atoms with Crippen LogP contribution in [0.25, 0.3) is 11.1 Å². The number of ether oxygens (including phenoxy) is 4. The summed E-state index contributed by atoms with van der Waals surface area (Å²) in [7, 11) is 0. The number of benzene rings is 3. The fourth-order valence-electron chi connectivity index (χ4n) is 2.98. The molecule has 0 aromatic heterocycles. The van der Waals surface area contributed by atoms with Gasteiger partial charge in [0.2, 0.25) is 0 Å². The van der Waals surface area contributed by atoms with E-state index in [1.54, 1.807) is 49.4 Å². The summed E-state index contributed by atoms with van der Waals surface area (Å²) in [6, 6.07) is 19.3. The third-order valence-corrected chi connectivity index (χ3v) is 4.88. The van der Waals surface area contributed by atoms with Crippen LogP contribution in [0.15, 0.2) is 78.9 Å². The lowest BCUT2D eigenvalue weighted by Crippen LogP contribution is -2.14. The zero-order chi connectivity index (χ0) is 25.9. The maximum absolute atomic E-state index is 14.6. The van der Waals surface area contributed by atoms with Crippen molar-refractivity contribution >= 4 is 11.9 Å². The van der Waals surface area contributed by atoms with Gasteiger partial charge in [-0.1, -0.05) is 24.8 Å². The number of halogens is 1. The number of hydrogen-bond acceptors (Lipinski definition) is 7. The Labute approximate surface area is 208 Å². The molecule has 0 bridgehead atoms. The van der Waals surface area contributed by atoms with E-state index in [0.717, 1.165) is 5.56 Å². The molecule has 3 aromatic carbocycles. The Morgan fingerprint density at radius 1 is 0.917 bits per heavy atom. The van der Waals surface area contributed by atoms with E-state index in [9.17, 15) is 14.0 Å². The van der Waals surface area contributed by atoms with Gasteiger partial charge in [0.25, 0.3) is 0 Å². The summed E-state index contributed by atoms with van der Waals surface area (Å²) in [5.41, 5.74) is 2.39. The number of hydrogen-bond donors (Lipinski definition) is 0. The minimum absolute atomic E-state index is 0.126. The third-order valence-electron chi connectivity index (χ3n) is 4.88. The number of esters is 2. The molecule has 7 nitrogen and oxygen atoms in total. The second-order valence-corrected chi connectivity index (χ2v) is 7.63.